The SMILES string of the molecule is CCC(=O)N(CN)CCC(C)=O. The second-order valence-corrected chi connectivity index (χ2v) is 2.65. The van der Waals surface area contributed by atoms with E-state index >= 15 is 0 Å². The molecule has 0 radical (unpaired) electrons. The zero-order valence-electron chi connectivity index (χ0n) is 7.67. The number of hydrogen-bond donors (Lipinski definition) is 1. The lowest BCUT2D eigenvalue weighted by atomic mass is 10.3. The molecule has 0 unspecified atom stereocenters. The zero-order chi connectivity index (χ0) is 9.56. The van der Waals surface area contributed by atoms with E-state index in [4.69, 9.17) is 5.73 Å². The van der Waals surface area contributed by atoms with Gasteiger partial charge in [0.15, 0.2) is 0 Å². The molecule has 4 nitrogen and oxygen atoms in total. The molecule has 0 fully saturated rings. The van der Waals surface area contributed by atoms with Crippen LogP contribution in [-0.2, 0) is 9.59 Å². The first kappa shape index (κ1) is 11.1. The van der Waals surface area contributed by atoms with Crippen molar-refractivity contribution < 1.29 is 9.59 Å². The number of ketones is 1. The molecule has 0 bridgehead atoms. The molecule has 0 atom stereocenters. The van der Waals surface area contributed by atoms with E-state index in [1.165, 1.54) is 11.8 Å². The van der Waals surface area contributed by atoms with Crippen molar-refractivity contribution in [2.75, 3.05) is 13.2 Å². The molecule has 0 aliphatic rings. The highest BCUT2D eigenvalue weighted by molar-refractivity contribution is 5.78. The van der Waals surface area contributed by atoms with E-state index in [0.717, 1.165) is 0 Å². The minimum Gasteiger partial charge on any atom is -0.330 e. The van der Waals surface area contributed by atoms with Crippen molar-refractivity contribution >= 4 is 11.7 Å². The van der Waals surface area contributed by atoms with E-state index < -0.39 is 0 Å². The second kappa shape index (κ2) is 5.71. The number of nitrogens with zero attached hydrogens (tertiary/aromatic N) is 1. The molecule has 0 rings (SSSR count). The molecule has 0 spiro atoms. The fourth-order valence-corrected chi connectivity index (χ4v) is 0.834. The van der Waals surface area contributed by atoms with Gasteiger partial charge in [0.2, 0.25) is 5.91 Å². The van der Waals surface area contributed by atoms with Gasteiger partial charge in [-0.15, -0.1) is 0 Å². The van der Waals surface area contributed by atoms with Crippen LogP contribution in [0, 0.1) is 0 Å². The predicted octanol–water partition coefficient (Wildman–Crippen LogP) is 0.120. The molecule has 4 heteroatoms. The van der Waals surface area contributed by atoms with E-state index in [0.29, 0.717) is 19.4 Å². The summed E-state index contributed by atoms with van der Waals surface area (Å²) in [5.74, 6) is 0.0797. The number of amides is 1. The van der Waals surface area contributed by atoms with Gasteiger partial charge in [0.05, 0.1) is 6.67 Å². The predicted molar refractivity (Wildman–Crippen MR) is 46.4 cm³/mol. The fraction of sp³-hybridized carbons (Fsp3) is 0.750. The summed E-state index contributed by atoms with van der Waals surface area (Å²) in [4.78, 5) is 23.2. The van der Waals surface area contributed by atoms with Crippen molar-refractivity contribution in [3.8, 4) is 0 Å². The van der Waals surface area contributed by atoms with Gasteiger partial charge in [0.25, 0.3) is 0 Å². The van der Waals surface area contributed by atoms with Gasteiger partial charge in [-0.25, -0.2) is 0 Å². The lowest BCUT2D eigenvalue weighted by Gasteiger charge is -2.18. The minimum absolute atomic E-state index is 0.00116. The standard InChI is InChI=1S/C8H16N2O2/c1-3-8(12)10(6-9)5-4-7(2)11/h3-6,9H2,1-2H3. The number of carbonyl (C=O) groups excluding carboxylic acids is 2. The second-order valence-electron chi connectivity index (χ2n) is 2.65. The van der Waals surface area contributed by atoms with E-state index in [9.17, 15) is 9.59 Å². The first-order valence-corrected chi connectivity index (χ1v) is 4.09. The molecule has 0 saturated carbocycles. The minimum atomic E-state index is -0.00116. The average Bonchev–Trinajstić information content (AvgIpc) is 2.04. The van der Waals surface area contributed by atoms with Gasteiger partial charge in [-0.1, -0.05) is 6.92 Å². The topological polar surface area (TPSA) is 63.4 Å². The Labute approximate surface area is 72.7 Å². The van der Waals surface area contributed by atoms with Gasteiger partial charge in [-0.2, -0.15) is 0 Å². The smallest absolute Gasteiger partial charge is 0.223 e. The largest absolute Gasteiger partial charge is 0.330 e. The van der Waals surface area contributed by atoms with E-state index in [-0.39, 0.29) is 18.4 Å². The highest BCUT2D eigenvalue weighted by Crippen LogP contribution is 1.94. The highest BCUT2D eigenvalue weighted by Gasteiger charge is 2.09. The molecule has 12 heavy (non-hydrogen) atoms. The van der Waals surface area contributed by atoms with Gasteiger partial charge in [-0.3, -0.25) is 9.59 Å². The average molecular weight is 172 g/mol. The zero-order valence-corrected chi connectivity index (χ0v) is 7.67. The Morgan fingerprint density at radius 3 is 2.33 bits per heavy atom. The maximum Gasteiger partial charge on any atom is 0.223 e. The molecule has 0 heterocycles. The molecule has 0 aromatic heterocycles. The molecule has 0 aliphatic carbocycles. The van der Waals surface area contributed by atoms with Crippen LogP contribution in [0.1, 0.15) is 26.7 Å². The van der Waals surface area contributed by atoms with Crippen LogP contribution in [0.2, 0.25) is 0 Å². The van der Waals surface area contributed by atoms with Crippen LogP contribution in [0.4, 0.5) is 0 Å². The van der Waals surface area contributed by atoms with Gasteiger partial charge < -0.3 is 10.6 Å². The van der Waals surface area contributed by atoms with E-state index in [2.05, 4.69) is 0 Å². The third kappa shape index (κ3) is 4.08. The quantitative estimate of drug-likeness (QED) is 0.599. The molecular formula is C8H16N2O2. The number of rotatable bonds is 5. The van der Waals surface area contributed by atoms with E-state index in [1.54, 1.807) is 6.92 Å². The number of hydrogen-bond acceptors (Lipinski definition) is 3. The summed E-state index contributed by atoms with van der Waals surface area (Å²) >= 11 is 0. The summed E-state index contributed by atoms with van der Waals surface area (Å²) in [5, 5.41) is 0. The van der Waals surface area contributed by atoms with Crippen LogP contribution in [0.25, 0.3) is 0 Å². The summed E-state index contributed by atoms with van der Waals surface area (Å²) in [6.07, 6.45) is 0.831. The van der Waals surface area contributed by atoms with Gasteiger partial charge in [0.1, 0.15) is 5.78 Å². The van der Waals surface area contributed by atoms with Crippen molar-refractivity contribution in [3.05, 3.63) is 0 Å². The van der Waals surface area contributed by atoms with E-state index in [1.807, 2.05) is 0 Å². The fourth-order valence-electron chi connectivity index (χ4n) is 0.834. The van der Waals surface area contributed by atoms with Gasteiger partial charge >= 0.3 is 0 Å². The summed E-state index contributed by atoms with van der Waals surface area (Å²) in [5.41, 5.74) is 5.33. The summed E-state index contributed by atoms with van der Waals surface area (Å²) in [6, 6.07) is 0. The Hall–Kier alpha value is -0.900. The monoisotopic (exact) mass is 172 g/mol. The Morgan fingerprint density at radius 2 is 2.00 bits per heavy atom. The Kier molecular flexibility index (Phi) is 5.28. The first-order valence-electron chi connectivity index (χ1n) is 4.09. The Balaban J connectivity index is 3.83. The van der Waals surface area contributed by atoms with Crippen LogP contribution >= 0.6 is 0 Å². The Morgan fingerprint density at radius 1 is 1.42 bits per heavy atom. The summed E-state index contributed by atoms with van der Waals surface area (Å²) in [7, 11) is 0. The lowest BCUT2D eigenvalue weighted by Crippen LogP contribution is -2.36. The van der Waals surface area contributed by atoms with Crippen LogP contribution in [-0.4, -0.2) is 29.8 Å². The van der Waals surface area contributed by atoms with Crippen LogP contribution in [0.3, 0.4) is 0 Å². The summed E-state index contributed by atoms with van der Waals surface area (Å²) < 4.78 is 0. The number of nitrogens with two attached hydrogens (primary N) is 1. The van der Waals surface area contributed by atoms with Crippen LogP contribution in [0.5, 0.6) is 0 Å². The third-order valence-electron chi connectivity index (χ3n) is 1.61. The molecule has 0 saturated heterocycles. The molecule has 0 aromatic carbocycles. The summed E-state index contributed by atoms with van der Waals surface area (Å²) in [6.45, 7) is 3.92. The normalized spacial score (nSPS) is 9.58. The van der Waals surface area contributed by atoms with Gasteiger partial charge in [-0.05, 0) is 6.92 Å². The van der Waals surface area contributed by atoms with Crippen molar-refractivity contribution in [2.24, 2.45) is 5.73 Å². The van der Waals surface area contributed by atoms with Crippen molar-refractivity contribution in [3.63, 3.8) is 0 Å². The van der Waals surface area contributed by atoms with Crippen LogP contribution in [0.15, 0.2) is 0 Å². The van der Waals surface area contributed by atoms with Crippen molar-refractivity contribution in [2.45, 2.75) is 26.7 Å². The molecule has 0 aliphatic heterocycles. The Bertz CT molecular complexity index is 168. The van der Waals surface area contributed by atoms with Crippen molar-refractivity contribution in [1.82, 2.24) is 4.90 Å². The van der Waals surface area contributed by atoms with Gasteiger partial charge in [0, 0.05) is 19.4 Å². The molecular weight excluding hydrogens is 156 g/mol. The van der Waals surface area contributed by atoms with Crippen molar-refractivity contribution in [1.29, 1.82) is 0 Å². The first-order chi connectivity index (χ1) is 5.61. The number of Topliss-reactive ketones (excluding diaryl/α,β-unsaturated/α-hetero) is 1. The highest BCUT2D eigenvalue weighted by atomic mass is 16.2. The van der Waals surface area contributed by atoms with Crippen LogP contribution < -0.4 is 5.73 Å². The maximum atomic E-state index is 11.1. The molecule has 1 amide bonds. The molecule has 2 N–H and O–H groups in total. The molecule has 70 valence electrons. The molecule has 0 aromatic rings. The lowest BCUT2D eigenvalue weighted by molar-refractivity contribution is -0.131. The third-order valence-corrected chi connectivity index (χ3v) is 1.61. The number of carbonyl (C=O) groups is 2. The maximum absolute atomic E-state index is 11.1.